The summed E-state index contributed by atoms with van der Waals surface area (Å²) < 4.78 is 1.91. The van der Waals surface area contributed by atoms with E-state index in [9.17, 15) is 4.79 Å². The minimum absolute atomic E-state index is 0.0734. The van der Waals surface area contributed by atoms with Gasteiger partial charge in [0, 0.05) is 11.1 Å². The largest absolute Gasteiger partial charge is 0.325 e. The Kier molecular flexibility index (Phi) is 4.89. The molecule has 3 aromatic carbocycles. The number of benzene rings is 3. The molecule has 0 saturated heterocycles. The average molecular weight is 374 g/mol. The number of hydrogen-bond donors (Lipinski definition) is 1. The van der Waals surface area contributed by atoms with E-state index in [1.807, 2.05) is 78.2 Å². The maximum absolute atomic E-state index is 12.5. The van der Waals surface area contributed by atoms with Crippen molar-refractivity contribution in [2.75, 3.05) is 11.1 Å². The zero-order valence-corrected chi connectivity index (χ0v) is 15.6. The normalized spacial score (nSPS) is 10.9. The highest BCUT2D eigenvalue weighted by Crippen LogP contribution is 2.25. The molecule has 0 saturated carbocycles. The molecule has 0 spiro atoms. The number of rotatable bonds is 5. The molecule has 0 atom stereocenters. The van der Waals surface area contributed by atoms with Gasteiger partial charge in [-0.2, -0.15) is 0 Å². The van der Waals surface area contributed by atoms with Gasteiger partial charge in [0.1, 0.15) is 6.33 Å². The summed E-state index contributed by atoms with van der Waals surface area (Å²) in [5.74, 6) is 0.184. The van der Waals surface area contributed by atoms with Crippen LogP contribution in [0.1, 0.15) is 5.56 Å². The summed E-state index contributed by atoms with van der Waals surface area (Å²) >= 11 is 1.37. The van der Waals surface area contributed by atoms with Crippen molar-refractivity contribution in [1.29, 1.82) is 0 Å². The van der Waals surface area contributed by atoms with Gasteiger partial charge in [-0.1, -0.05) is 66.4 Å². The molecule has 27 heavy (non-hydrogen) atoms. The number of nitrogens with one attached hydrogen (secondary N) is 1. The van der Waals surface area contributed by atoms with Gasteiger partial charge in [0.05, 0.1) is 11.4 Å². The number of amides is 1. The molecule has 4 rings (SSSR count). The molecule has 0 fully saturated rings. The van der Waals surface area contributed by atoms with Gasteiger partial charge in [0.15, 0.2) is 5.16 Å². The molecule has 0 bridgehead atoms. The van der Waals surface area contributed by atoms with E-state index in [0.29, 0.717) is 5.16 Å². The van der Waals surface area contributed by atoms with Crippen LogP contribution in [-0.2, 0) is 4.79 Å². The quantitative estimate of drug-likeness (QED) is 0.524. The highest BCUT2D eigenvalue weighted by Gasteiger charge is 2.12. The fourth-order valence-electron chi connectivity index (χ4n) is 2.97. The van der Waals surface area contributed by atoms with Gasteiger partial charge in [0.25, 0.3) is 0 Å². The molecule has 5 nitrogen and oxygen atoms in total. The third-order valence-electron chi connectivity index (χ3n) is 4.29. The molecule has 0 aliphatic carbocycles. The van der Waals surface area contributed by atoms with E-state index < -0.39 is 0 Å². The number of anilines is 1. The Balaban J connectivity index is 1.48. The number of thioether (sulfide) groups is 1. The van der Waals surface area contributed by atoms with Crippen molar-refractivity contribution in [3.05, 3.63) is 78.6 Å². The zero-order chi connectivity index (χ0) is 18.6. The van der Waals surface area contributed by atoms with Gasteiger partial charge in [-0.15, -0.1) is 10.2 Å². The van der Waals surface area contributed by atoms with E-state index in [1.54, 1.807) is 6.33 Å². The summed E-state index contributed by atoms with van der Waals surface area (Å²) in [6.07, 6.45) is 1.67. The van der Waals surface area contributed by atoms with Crippen molar-refractivity contribution in [3.8, 4) is 5.69 Å². The smallest absolute Gasteiger partial charge is 0.234 e. The van der Waals surface area contributed by atoms with Gasteiger partial charge >= 0.3 is 0 Å². The lowest BCUT2D eigenvalue weighted by atomic mass is 10.1. The molecule has 4 aromatic rings. The van der Waals surface area contributed by atoms with E-state index >= 15 is 0 Å². The Hall–Kier alpha value is -3.12. The van der Waals surface area contributed by atoms with Crippen molar-refractivity contribution >= 4 is 34.1 Å². The van der Waals surface area contributed by atoms with Crippen molar-refractivity contribution in [2.24, 2.45) is 0 Å². The number of para-hydroxylation sites is 1. The van der Waals surface area contributed by atoms with Crippen LogP contribution < -0.4 is 5.32 Å². The molecule has 0 aliphatic heterocycles. The molecule has 1 heterocycles. The first-order valence-electron chi connectivity index (χ1n) is 8.59. The van der Waals surface area contributed by atoms with Crippen LogP contribution in [0.4, 0.5) is 5.69 Å². The molecule has 6 heteroatoms. The second-order valence-corrected chi connectivity index (χ2v) is 7.08. The maximum Gasteiger partial charge on any atom is 0.234 e. The Labute approximate surface area is 161 Å². The van der Waals surface area contributed by atoms with Crippen molar-refractivity contribution in [1.82, 2.24) is 14.8 Å². The van der Waals surface area contributed by atoms with Crippen LogP contribution in [0.2, 0.25) is 0 Å². The summed E-state index contributed by atoms with van der Waals surface area (Å²) in [5.41, 5.74) is 2.96. The van der Waals surface area contributed by atoms with Crippen LogP contribution in [0.15, 0.2) is 78.2 Å². The molecule has 0 radical (unpaired) electrons. The lowest BCUT2D eigenvalue weighted by molar-refractivity contribution is -0.113. The van der Waals surface area contributed by atoms with Gasteiger partial charge < -0.3 is 5.32 Å². The van der Waals surface area contributed by atoms with E-state index in [4.69, 9.17) is 0 Å². The molecule has 0 unspecified atom stereocenters. The van der Waals surface area contributed by atoms with Crippen LogP contribution in [0, 0.1) is 6.92 Å². The minimum atomic E-state index is -0.0734. The predicted octanol–water partition coefficient (Wildman–Crippen LogP) is 4.46. The number of carbonyl (C=O) groups excluding carboxylic acids is 1. The fraction of sp³-hybridized carbons (Fsp3) is 0.0952. The van der Waals surface area contributed by atoms with E-state index in [-0.39, 0.29) is 11.7 Å². The topological polar surface area (TPSA) is 59.8 Å². The third kappa shape index (κ3) is 3.71. The summed E-state index contributed by atoms with van der Waals surface area (Å²) in [4.78, 5) is 12.5. The molecule has 1 aromatic heterocycles. The van der Waals surface area contributed by atoms with Crippen LogP contribution in [0.25, 0.3) is 16.5 Å². The average Bonchev–Trinajstić information content (AvgIpc) is 3.15. The van der Waals surface area contributed by atoms with Gasteiger partial charge in [0.2, 0.25) is 5.91 Å². The summed E-state index contributed by atoms with van der Waals surface area (Å²) in [7, 11) is 0. The summed E-state index contributed by atoms with van der Waals surface area (Å²) in [6.45, 7) is 2.04. The predicted molar refractivity (Wildman–Crippen MR) is 109 cm³/mol. The second-order valence-electron chi connectivity index (χ2n) is 6.13. The van der Waals surface area contributed by atoms with Crippen LogP contribution in [-0.4, -0.2) is 26.4 Å². The monoisotopic (exact) mass is 374 g/mol. The lowest BCUT2D eigenvalue weighted by Gasteiger charge is -2.10. The molecule has 134 valence electrons. The number of aryl methyl sites for hydroxylation is 1. The number of carbonyl (C=O) groups is 1. The summed E-state index contributed by atoms with van der Waals surface area (Å²) in [6, 6.07) is 21.9. The van der Waals surface area contributed by atoms with Crippen molar-refractivity contribution < 1.29 is 4.79 Å². The summed E-state index contributed by atoms with van der Waals surface area (Å²) in [5, 5.41) is 14.0. The molecule has 1 N–H and O–H groups in total. The lowest BCUT2D eigenvalue weighted by Crippen LogP contribution is -2.14. The Morgan fingerprint density at radius 3 is 2.70 bits per heavy atom. The van der Waals surface area contributed by atoms with Crippen molar-refractivity contribution in [3.63, 3.8) is 0 Å². The van der Waals surface area contributed by atoms with E-state index in [2.05, 4.69) is 15.5 Å². The van der Waals surface area contributed by atoms with E-state index in [0.717, 1.165) is 27.7 Å². The van der Waals surface area contributed by atoms with Crippen LogP contribution in [0.3, 0.4) is 0 Å². The number of aromatic nitrogens is 3. The molecular formula is C21H18N4OS. The standard InChI is InChI=1S/C21H18N4OS/c1-15-7-2-5-12-19(15)25-14-22-24-21(25)27-13-20(26)23-18-11-6-9-16-8-3-4-10-17(16)18/h2-12,14H,13H2,1H3,(H,23,26). The molecule has 1 amide bonds. The zero-order valence-electron chi connectivity index (χ0n) is 14.8. The van der Waals surface area contributed by atoms with E-state index in [1.165, 1.54) is 11.8 Å². The van der Waals surface area contributed by atoms with Gasteiger partial charge in [-0.25, -0.2) is 0 Å². The maximum atomic E-state index is 12.5. The number of nitrogens with zero attached hydrogens (tertiary/aromatic N) is 3. The number of hydrogen-bond acceptors (Lipinski definition) is 4. The first-order chi connectivity index (χ1) is 13.2. The van der Waals surface area contributed by atoms with Crippen molar-refractivity contribution in [2.45, 2.75) is 12.1 Å². The minimum Gasteiger partial charge on any atom is -0.325 e. The second kappa shape index (κ2) is 7.63. The molecular weight excluding hydrogens is 356 g/mol. The highest BCUT2D eigenvalue weighted by atomic mass is 32.2. The first-order valence-corrected chi connectivity index (χ1v) is 9.57. The van der Waals surface area contributed by atoms with Crippen LogP contribution in [0.5, 0.6) is 0 Å². The third-order valence-corrected chi connectivity index (χ3v) is 5.23. The Bertz CT molecular complexity index is 1100. The number of fused-ring (bicyclic) bond motifs is 1. The van der Waals surface area contributed by atoms with Gasteiger partial charge in [-0.3, -0.25) is 9.36 Å². The Morgan fingerprint density at radius 2 is 1.81 bits per heavy atom. The SMILES string of the molecule is Cc1ccccc1-n1cnnc1SCC(=O)Nc1cccc2ccccc12. The Morgan fingerprint density at radius 1 is 1.04 bits per heavy atom. The van der Waals surface area contributed by atoms with Crippen LogP contribution >= 0.6 is 11.8 Å². The van der Waals surface area contributed by atoms with Gasteiger partial charge in [-0.05, 0) is 30.0 Å². The first kappa shape index (κ1) is 17.3. The molecule has 0 aliphatic rings. The fourth-order valence-corrected chi connectivity index (χ4v) is 3.69. The highest BCUT2D eigenvalue weighted by molar-refractivity contribution is 7.99.